The van der Waals surface area contributed by atoms with Crippen LogP contribution in [-0.4, -0.2) is 34.9 Å². The molecule has 7 nitrogen and oxygen atoms in total. The number of esters is 1. The number of rotatable bonds is 7. The van der Waals surface area contributed by atoms with Gasteiger partial charge in [-0.15, -0.1) is 0 Å². The fourth-order valence-corrected chi connectivity index (χ4v) is 2.69. The van der Waals surface area contributed by atoms with Gasteiger partial charge in [0.15, 0.2) is 5.69 Å². The van der Waals surface area contributed by atoms with Crippen molar-refractivity contribution < 1.29 is 18.7 Å². The maximum absolute atomic E-state index is 13.6. The summed E-state index contributed by atoms with van der Waals surface area (Å²) < 4.78 is 20.0. The first-order chi connectivity index (χ1) is 14.1. The summed E-state index contributed by atoms with van der Waals surface area (Å²) in [6.07, 6.45) is 2.03. The molecule has 3 aromatic rings. The molecule has 0 unspecified atom stereocenters. The Morgan fingerprint density at radius 1 is 1.14 bits per heavy atom. The number of carbonyl (C=O) groups is 2. The van der Waals surface area contributed by atoms with Gasteiger partial charge >= 0.3 is 12.0 Å². The van der Waals surface area contributed by atoms with Crippen LogP contribution in [-0.2, 0) is 11.2 Å². The first-order valence-electron chi connectivity index (χ1n) is 9.18. The van der Waals surface area contributed by atoms with Crippen molar-refractivity contribution in [3.8, 4) is 5.69 Å². The summed E-state index contributed by atoms with van der Waals surface area (Å²) in [5.41, 5.74) is 1.98. The summed E-state index contributed by atoms with van der Waals surface area (Å²) >= 11 is 0. The van der Waals surface area contributed by atoms with Gasteiger partial charge in [-0.2, -0.15) is 5.10 Å². The van der Waals surface area contributed by atoms with Crippen molar-refractivity contribution in [3.05, 3.63) is 77.9 Å². The normalized spacial score (nSPS) is 10.4. The maximum Gasteiger partial charge on any atom is 0.358 e. The van der Waals surface area contributed by atoms with E-state index in [2.05, 4.69) is 15.7 Å². The Hall–Kier alpha value is -3.68. The average Bonchev–Trinajstić information content (AvgIpc) is 3.20. The molecule has 0 bridgehead atoms. The van der Waals surface area contributed by atoms with Crippen LogP contribution in [0.1, 0.15) is 23.0 Å². The van der Waals surface area contributed by atoms with Crippen molar-refractivity contribution >= 4 is 17.7 Å². The minimum Gasteiger partial charge on any atom is -0.461 e. The van der Waals surface area contributed by atoms with E-state index in [9.17, 15) is 14.0 Å². The highest BCUT2D eigenvalue weighted by Gasteiger charge is 2.11. The van der Waals surface area contributed by atoms with Crippen LogP contribution in [0.15, 0.2) is 60.8 Å². The number of amides is 2. The smallest absolute Gasteiger partial charge is 0.358 e. The molecule has 1 heterocycles. The third kappa shape index (κ3) is 5.41. The third-order valence-electron chi connectivity index (χ3n) is 4.08. The quantitative estimate of drug-likeness (QED) is 0.598. The molecule has 0 fully saturated rings. The summed E-state index contributed by atoms with van der Waals surface area (Å²) in [4.78, 5) is 23.8. The van der Waals surface area contributed by atoms with Gasteiger partial charge in [-0.25, -0.2) is 18.7 Å². The molecule has 3 rings (SSSR count). The zero-order chi connectivity index (χ0) is 20.6. The molecule has 2 N–H and O–H groups in total. The number of carbonyl (C=O) groups excluding carboxylic acids is 2. The molecular formula is C21H21FN4O3. The summed E-state index contributed by atoms with van der Waals surface area (Å²) in [5.74, 6) is -0.779. The Balaban J connectivity index is 1.57. The van der Waals surface area contributed by atoms with Crippen molar-refractivity contribution in [2.24, 2.45) is 0 Å². The first-order valence-corrected chi connectivity index (χ1v) is 9.18. The van der Waals surface area contributed by atoms with Gasteiger partial charge in [0.25, 0.3) is 0 Å². The largest absolute Gasteiger partial charge is 0.461 e. The highest BCUT2D eigenvalue weighted by atomic mass is 19.1. The molecule has 0 aliphatic rings. The van der Waals surface area contributed by atoms with Gasteiger partial charge in [0.2, 0.25) is 0 Å². The number of anilines is 1. The Morgan fingerprint density at radius 2 is 1.97 bits per heavy atom. The van der Waals surface area contributed by atoms with Gasteiger partial charge in [-0.1, -0.05) is 24.3 Å². The zero-order valence-electron chi connectivity index (χ0n) is 15.9. The number of halogens is 1. The maximum atomic E-state index is 13.6. The molecule has 0 radical (unpaired) electrons. The Kier molecular flexibility index (Phi) is 6.57. The molecule has 150 valence electrons. The highest BCUT2D eigenvalue weighted by Crippen LogP contribution is 2.15. The predicted molar refractivity (Wildman–Crippen MR) is 107 cm³/mol. The Labute approximate surface area is 167 Å². The van der Waals surface area contributed by atoms with Crippen LogP contribution < -0.4 is 10.6 Å². The van der Waals surface area contributed by atoms with Crippen LogP contribution in [0.4, 0.5) is 14.9 Å². The van der Waals surface area contributed by atoms with Gasteiger partial charge < -0.3 is 15.4 Å². The van der Waals surface area contributed by atoms with Gasteiger partial charge in [0.1, 0.15) is 5.82 Å². The topological polar surface area (TPSA) is 85.2 Å². The molecule has 0 atom stereocenters. The molecule has 29 heavy (non-hydrogen) atoms. The zero-order valence-corrected chi connectivity index (χ0v) is 15.9. The van der Waals surface area contributed by atoms with Gasteiger partial charge in [0.05, 0.1) is 12.3 Å². The van der Waals surface area contributed by atoms with Crippen LogP contribution in [0.5, 0.6) is 0 Å². The van der Waals surface area contributed by atoms with Crippen molar-refractivity contribution in [3.63, 3.8) is 0 Å². The fraction of sp³-hybridized carbons (Fsp3) is 0.190. The second-order valence-electron chi connectivity index (χ2n) is 6.14. The van der Waals surface area contributed by atoms with Gasteiger partial charge in [0, 0.05) is 18.4 Å². The minimum absolute atomic E-state index is 0.205. The van der Waals surface area contributed by atoms with Crippen molar-refractivity contribution in [1.29, 1.82) is 0 Å². The molecule has 0 aliphatic heterocycles. The van der Waals surface area contributed by atoms with E-state index in [1.165, 1.54) is 10.7 Å². The Bertz CT molecular complexity index is 1000. The first kappa shape index (κ1) is 20.1. The Morgan fingerprint density at radius 3 is 2.76 bits per heavy atom. The number of hydrogen-bond acceptors (Lipinski definition) is 4. The lowest BCUT2D eigenvalue weighted by Crippen LogP contribution is -2.30. The lowest BCUT2D eigenvalue weighted by molar-refractivity contribution is 0.0519. The van der Waals surface area contributed by atoms with Crippen molar-refractivity contribution in [2.45, 2.75) is 13.3 Å². The minimum atomic E-state index is -0.491. The summed E-state index contributed by atoms with van der Waals surface area (Å²) in [6, 6.07) is 14.6. The standard InChI is InChI=1S/C21H21FN4O3/c1-2-29-20(27)19-11-13-26(25-19)17-8-5-7-16(14-17)24-21(28)23-12-10-15-6-3-4-9-18(15)22/h3-9,11,13-14H,2,10,12H2,1H3,(H2,23,24,28). The summed E-state index contributed by atoms with van der Waals surface area (Å²) in [5, 5.41) is 9.61. The molecule has 2 amide bonds. The van der Waals surface area contributed by atoms with Crippen LogP contribution in [0.3, 0.4) is 0 Å². The number of hydrogen-bond donors (Lipinski definition) is 2. The van der Waals surface area contributed by atoms with Crippen LogP contribution >= 0.6 is 0 Å². The van der Waals surface area contributed by atoms with Crippen molar-refractivity contribution in [1.82, 2.24) is 15.1 Å². The molecule has 0 saturated heterocycles. The van der Waals surface area contributed by atoms with E-state index in [0.717, 1.165) is 0 Å². The SMILES string of the molecule is CCOC(=O)c1ccn(-c2cccc(NC(=O)NCCc3ccccc3F)c2)n1. The molecule has 0 aliphatic carbocycles. The van der Waals surface area contributed by atoms with E-state index in [1.54, 1.807) is 61.7 Å². The highest BCUT2D eigenvalue weighted by molar-refractivity contribution is 5.89. The fourth-order valence-electron chi connectivity index (χ4n) is 2.69. The van der Waals surface area contributed by atoms with Gasteiger partial charge in [-0.05, 0) is 49.2 Å². The van der Waals surface area contributed by atoms with E-state index in [4.69, 9.17) is 4.74 Å². The van der Waals surface area contributed by atoms with Gasteiger partial charge in [-0.3, -0.25) is 0 Å². The van der Waals surface area contributed by atoms with Crippen LogP contribution in [0.2, 0.25) is 0 Å². The number of aromatic nitrogens is 2. The number of ether oxygens (including phenoxy) is 1. The second kappa shape index (κ2) is 9.50. The van der Waals surface area contributed by atoms with Crippen LogP contribution in [0, 0.1) is 5.82 Å². The van der Waals surface area contributed by atoms with Crippen molar-refractivity contribution in [2.75, 3.05) is 18.5 Å². The molecule has 2 aromatic carbocycles. The van der Waals surface area contributed by atoms with E-state index >= 15 is 0 Å². The second-order valence-corrected chi connectivity index (χ2v) is 6.14. The third-order valence-corrected chi connectivity index (χ3v) is 4.08. The number of urea groups is 1. The molecule has 0 spiro atoms. The monoisotopic (exact) mass is 396 g/mol. The van der Waals surface area contributed by atoms with E-state index in [0.29, 0.717) is 29.9 Å². The number of nitrogens with zero attached hydrogens (tertiary/aromatic N) is 2. The summed E-state index contributed by atoms with van der Waals surface area (Å²) in [6.45, 7) is 2.30. The summed E-state index contributed by atoms with van der Waals surface area (Å²) in [7, 11) is 0. The predicted octanol–water partition coefficient (Wildman–Crippen LogP) is 3.55. The van der Waals surface area contributed by atoms with E-state index in [1.807, 2.05) is 0 Å². The molecular weight excluding hydrogens is 375 g/mol. The molecule has 8 heteroatoms. The number of nitrogens with one attached hydrogen (secondary N) is 2. The molecule has 0 saturated carbocycles. The number of benzene rings is 2. The van der Waals surface area contributed by atoms with E-state index in [-0.39, 0.29) is 18.1 Å². The van der Waals surface area contributed by atoms with E-state index < -0.39 is 12.0 Å². The average molecular weight is 396 g/mol. The lowest BCUT2D eigenvalue weighted by Gasteiger charge is -2.09. The molecule has 1 aromatic heterocycles. The lowest BCUT2D eigenvalue weighted by atomic mass is 10.1. The van der Waals surface area contributed by atoms with Crippen LogP contribution in [0.25, 0.3) is 5.69 Å².